The lowest BCUT2D eigenvalue weighted by molar-refractivity contribution is -0.139. The van der Waals surface area contributed by atoms with Crippen LogP contribution < -0.4 is 4.74 Å². The van der Waals surface area contributed by atoms with Gasteiger partial charge in [-0.2, -0.15) is 0 Å². The maximum absolute atomic E-state index is 12.4. The Labute approximate surface area is 211 Å². The minimum absolute atomic E-state index is 0.197. The zero-order chi connectivity index (χ0) is 25.2. The van der Waals surface area contributed by atoms with Gasteiger partial charge < -0.3 is 14.6 Å². The number of ketones is 1. The van der Waals surface area contributed by atoms with E-state index in [4.69, 9.17) is 14.6 Å². The third kappa shape index (κ3) is 7.99. The van der Waals surface area contributed by atoms with Crippen molar-refractivity contribution in [3.05, 3.63) is 89.0 Å². The van der Waals surface area contributed by atoms with Crippen molar-refractivity contribution >= 4 is 11.8 Å². The third-order valence-electron chi connectivity index (χ3n) is 6.23. The molecular weight excluding hydrogens is 456 g/mol. The predicted molar refractivity (Wildman–Crippen MR) is 135 cm³/mol. The van der Waals surface area contributed by atoms with Crippen LogP contribution in [0.2, 0.25) is 0 Å². The first-order chi connectivity index (χ1) is 17.5. The Morgan fingerprint density at radius 1 is 0.944 bits per heavy atom. The van der Waals surface area contributed by atoms with Gasteiger partial charge in [0.2, 0.25) is 0 Å². The molecule has 1 aliphatic heterocycles. The van der Waals surface area contributed by atoms with Crippen LogP contribution in [0, 0.1) is 0 Å². The molecular formula is C29H32N2O5. The van der Waals surface area contributed by atoms with E-state index in [1.807, 2.05) is 24.3 Å². The summed E-state index contributed by atoms with van der Waals surface area (Å²) < 4.78 is 10.9. The monoisotopic (exact) mass is 488 g/mol. The van der Waals surface area contributed by atoms with Crippen LogP contribution in [0.25, 0.3) is 0 Å². The number of aryl methyl sites for hydroxylation is 1. The molecule has 7 heteroatoms. The van der Waals surface area contributed by atoms with Crippen LogP contribution >= 0.6 is 0 Å². The molecule has 0 aliphatic carbocycles. The molecule has 1 atom stereocenters. The summed E-state index contributed by atoms with van der Waals surface area (Å²) in [5, 5.41) is 8.80. The average molecular weight is 489 g/mol. The van der Waals surface area contributed by atoms with E-state index < -0.39 is 5.97 Å². The van der Waals surface area contributed by atoms with Crippen molar-refractivity contribution in [2.45, 2.75) is 57.5 Å². The molecule has 0 saturated carbocycles. The van der Waals surface area contributed by atoms with Gasteiger partial charge >= 0.3 is 5.97 Å². The van der Waals surface area contributed by atoms with E-state index in [1.54, 1.807) is 12.4 Å². The first-order valence-electron chi connectivity index (χ1n) is 12.5. The van der Waals surface area contributed by atoms with Gasteiger partial charge in [-0.05, 0) is 67.0 Å². The van der Waals surface area contributed by atoms with Crippen LogP contribution in [-0.2, 0) is 33.6 Å². The van der Waals surface area contributed by atoms with Crippen LogP contribution in [-0.4, -0.2) is 46.1 Å². The van der Waals surface area contributed by atoms with Crippen molar-refractivity contribution in [1.29, 1.82) is 0 Å². The predicted octanol–water partition coefficient (Wildman–Crippen LogP) is 4.58. The van der Waals surface area contributed by atoms with Crippen molar-refractivity contribution in [3.8, 4) is 5.75 Å². The first-order valence-corrected chi connectivity index (χ1v) is 12.5. The average Bonchev–Trinajstić information content (AvgIpc) is 2.89. The highest BCUT2D eigenvalue weighted by Gasteiger charge is 2.21. The molecule has 2 aromatic carbocycles. The van der Waals surface area contributed by atoms with Gasteiger partial charge in [0.25, 0.3) is 0 Å². The highest BCUT2D eigenvalue weighted by Crippen LogP contribution is 2.19. The smallest absolute Gasteiger partial charge is 0.341 e. The number of Topliss-reactive ketones (excluding diaryl/α,β-unsaturated/α-hetero) is 1. The number of carbonyl (C=O) groups is 2. The van der Waals surface area contributed by atoms with Gasteiger partial charge in [0.1, 0.15) is 18.2 Å². The summed E-state index contributed by atoms with van der Waals surface area (Å²) in [7, 11) is 0. The zero-order valence-corrected chi connectivity index (χ0v) is 20.4. The molecule has 0 radical (unpaired) electrons. The van der Waals surface area contributed by atoms with E-state index in [1.165, 1.54) is 11.1 Å². The summed E-state index contributed by atoms with van der Waals surface area (Å²) >= 11 is 0. The molecule has 0 bridgehead atoms. The Hall–Kier alpha value is -3.58. The van der Waals surface area contributed by atoms with Crippen LogP contribution in [0.5, 0.6) is 5.75 Å². The molecule has 36 heavy (non-hydrogen) atoms. The number of hydrogen-bond donors (Lipinski definition) is 1. The lowest BCUT2D eigenvalue weighted by Crippen LogP contribution is -2.28. The molecule has 2 heterocycles. The fourth-order valence-electron chi connectivity index (χ4n) is 4.46. The third-order valence-corrected chi connectivity index (χ3v) is 6.23. The lowest BCUT2D eigenvalue weighted by Gasteiger charge is -2.21. The minimum atomic E-state index is -1.01. The number of aliphatic carboxylic acids is 1. The van der Waals surface area contributed by atoms with E-state index in [-0.39, 0.29) is 18.5 Å². The minimum Gasteiger partial charge on any atom is -0.482 e. The summed E-state index contributed by atoms with van der Waals surface area (Å²) in [5.74, 6) is -0.250. The van der Waals surface area contributed by atoms with Crippen LogP contribution in [0.3, 0.4) is 0 Å². The van der Waals surface area contributed by atoms with Gasteiger partial charge in [0, 0.05) is 37.3 Å². The van der Waals surface area contributed by atoms with E-state index in [0.717, 1.165) is 49.1 Å². The number of hydrogen-bond acceptors (Lipinski definition) is 6. The molecule has 0 amide bonds. The Morgan fingerprint density at radius 3 is 2.39 bits per heavy atom. The van der Waals surface area contributed by atoms with Crippen LogP contribution in [0.15, 0.2) is 60.9 Å². The van der Waals surface area contributed by atoms with Gasteiger partial charge in [0.15, 0.2) is 12.4 Å². The topological polar surface area (TPSA) is 98.6 Å². The molecule has 7 nitrogen and oxygen atoms in total. The van der Waals surface area contributed by atoms with Crippen LogP contribution in [0.1, 0.15) is 60.2 Å². The Morgan fingerprint density at radius 2 is 1.67 bits per heavy atom. The van der Waals surface area contributed by atoms with E-state index in [2.05, 4.69) is 34.2 Å². The SMILES string of the molecule is O=C(O)COc1cccc(Cc2cc(Cc3cccc(CCCC(=O)C4CCCCO4)c3)ncn2)c1. The van der Waals surface area contributed by atoms with Crippen molar-refractivity contribution < 1.29 is 24.2 Å². The normalized spacial score (nSPS) is 15.4. The number of aromatic nitrogens is 2. The van der Waals surface area contributed by atoms with Gasteiger partial charge in [-0.1, -0.05) is 36.4 Å². The molecule has 1 unspecified atom stereocenters. The van der Waals surface area contributed by atoms with Gasteiger partial charge in [-0.15, -0.1) is 0 Å². The number of rotatable bonds is 12. The quantitative estimate of drug-likeness (QED) is 0.398. The van der Waals surface area contributed by atoms with E-state index in [0.29, 0.717) is 31.6 Å². The lowest BCUT2D eigenvalue weighted by atomic mass is 9.98. The number of carboxylic acids is 1. The Balaban J connectivity index is 1.31. The fourth-order valence-corrected chi connectivity index (χ4v) is 4.46. The molecule has 1 aromatic heterocycles. The van der Waals surface area contributed by atoms with Crippen molar-refractivity contribution in [3.63, 3.8) is 0 Å². The fraction of sp³-hybridized carbons (Fsp3) is 0.379. The van der Waals surface area contributed by atoms with Crippen molar-refractivity contribution in [2.75, 3.05) is 13.2 Å². The maximum atomic E-state index is 12.4. The Kier molecular flexibility index (Phi) is 9.16. The van der Waals surface area contributed by atoms with E-state index >= 15 is 0 Å². The largest absolute Gasteiger partial charge is 0.482 e. The van der Waals surface area contributed by atoms with Crippen LogP contribution in [0.4, 0.5) is 0 Å². The highest BCUT2D eigenvalue weighted by atomic mass is 16.5. The second kappa shape index (κ2) is 12.9. The second-order valence-corrected chi connectivity index (χ2v) is 9.18. The summed E-state index contributed by atoms with van der Waals surface area (Å²) in [5.41, 5.74) is 5.19. The summed E-state index contributed by atoms with van der Waals surface area (Å²) in [6.07, 6.45) is 7.92. The number of ether oxygens (including phenoxy) is 2. The number of carboxylic acid groups (broad SMARTS) is 1. The summed E-state index contributed by atoms with van der Waals surface area (Å²) in [6, 6.07) is 17.8. The molecule has 1 saturated heterocycles. The van der Waals surface area contributed by atoms with E-state index in [9.17, 15) is 9.59 Å². The first kappa shape index (κ1) is 25.5. The highest BCUT2D eigenvalue weighted by molar-refractivity contribution is 5.83. The Bertz CT molecular complexity index is 1170. The molecule has 1 aliphatic rings. The van der Waals surface area contributed by atoms with Gasteiger partial charge in [0.05, 0.1) is 0 Å². The van der Waals surface area contributed by atoms with Crippen molar-refractivity contribution in [1.82, 2.24) is 9.97 Å². The molecule has 4 rings (SSSR count). The summed E-state index contributed by atoms with van der Waals surface area (Å²) in [6.45, 7) is 0.336. The maximum Gasteiger partial charge on any atom is 0.341 e. The molecule has 1 N–H and O–H groups in total. The second-order valence-electron chi connectivity index (χ2n) is 9.18. The number of nitrogens with zero attached hydrogens (tertiary/aromatic N) is 2. The zero-order valence-electron chi connectivity index (χ0n) is 20.4. The number of carbonyl (C=O) groups excluding carboxylic acids is 1. The molecule has 3 aromatic rings. The van der Waals surface area contributed by atoms with Gasteiger partial charge in [-0.25, -0.2) is 14.8 Å². The molecule has 1 fully saturated rings. The standard InChI is InChI=1S/C29H32N2O5/c32-27(28-12-1-2-13-35-28)11-5-7-21-6-3-8-22(14-21)15-24-18-25(31-20-30-24)16-23-9-4-10-26(17-23)36-19-29(33)34/h3-4,6,8-10,14,17-18,20,28H,1-2,5,7,11-13,15-16,19H2,(H,33,34). The molecule has 0 spiro atoms. The molecule has 188 valence electrons. The van der Waals surface area contributed by atoms with Gasteiger partial charge in [-0.3, -0.25) is 4.79 Å². The van der Waals surface area contributed by atoms with Crippen molar-refractivity contribution in [2.24, 2.45) is 0 Å². The summed E-state index contributed by atoms with van der Waals surface area (Å²) in [4.78, 5) is 32.0. The number of benzene rings is 2.